The molecule has 2 aromatic rings. The van der Waals surface area contributed by atoms with Crippen LogP contribution < -0.4 is 4.74 Å². The minimum absolute atomic E-state index is 0.459. The molecular formula is C14H18ClN3O. The van der Waals surface area contributed by atoms with E-state index in [4.69, 9.17) is 16.3 Å². The summed E-state index contributed by atoms with van der Waals surface area (Å²) >= 11 is 5.88. The SMILES string of the molecule is CCCn1cc(Oc2cc(CCl)cc(CC)n2)cn1. The predicted molar refractivity (Wildman–Crippen MR) is 75.8 cm³/mol. The van der Waals surface area contributed by atoms with E-state index in [-0.39, 0.29) is 0 Å². The van der Waals surface area contributed by atoms with Gasteiger partial charge in [0.05, 0.1) is 12.4 Å². The molecule has 102 valence electrons. The Kier molecular flexibility index (Phi) is 4.80. The Morgan fingerprint density at radius 3 is 2.84 bits per heavy atom. The first-order valence-corrected chi connectivity index (χ1v) is 7.04. The molecule has 0 unspecified atom stereocenters. The first kappa shape index (κ1) is 13.9. The Morgan fingerprint density at radius 2 is 2.16 bits per heavy atom. The van der Waals surface area contributed by atoms with Gasteiger partial charge in [0.15, 0.2) is 5.75 Å². The average molecular weight is 280 g/mol. The molecule has 0 spiro atoms. The molecule has 0 fully saturated rings. The fourth-order valence-electron chi connectivity index (χ4n) is 1.80. The van der Waals surface area contributed by atoms with Gasteiger partial charge in [0.2, 0.25) is 5.88 Å². The highest BCUT2D eigenvalue weighted by atomic mass is 35.5. The van der Waals surface area contributed by atoms with E-state index in [9.17, 15) is 0 Å². The Bertz CT molecular complexity index is 517. The number of alkyl halides is 1. The van der Waals surface area contributed by atoms with E-state index in [0.29, 0.717) is 17.5 Å². The summed E-state index contributed by atoms with van der Waals surface area (Å²) in [6, 6.07) is 3.86. The quantitative estimate of drug-likeness (QED) is 0.756. The van der Waals surface area contributed by atoms with Crippen molar-refractivity contribution in [3.63, 3.8) is 0 Å². The molecule has 0 N–H and O–H groups in total. The Labute approximate surface area is 118 Å². The van der Waals surface area contributed by atoms with Crippen molar-refractivity contribution < 1.29 is 4.74 Å². The van der Waals surface area contributed by atoms with E-state index in [1.54, 1.807) is 6.20 Å². The highest BCUT2D eigenvalue weighted by Crippen LogP contribution is 2.21. The van der Waals surface area contributed by atoms with Crippen LogP contribution in [0, 0.1) is 0 Å². The third-order valence-corrected chi connectivity index (χ3v) is 3.02. The van der Waals surface area contributed by atoms with Gasteiger partial charge in [0, 0.05) is 24.2 Å². The zero-order chi connectivity index (χ0) is 13.7. The molecule has 2 aromatic heterocycles. The lowest BCUT2D eigenvalue weighted by Crippen LogP contribution is -1.96. The van der Waals surface area contributed by atoms with Crippen LogP contribution in [-0.2, 0) is 18.8 Å². The second-order valence-corrected chi connectivity index (χ2v) is 4.60. The zero-order valence-electron chi connectivity index (χ0n) is 11.3. The molecule has 0 aliphatic heterocycles. The monoisotopic (exact) mass is 279 g/mol. The van der Waals surface area contributed by atoms with Crippen molar-refractivity contribution in [3.8, 4) is 11.6 Å². The van der Waals surface area contributed by atoms with Crippen molar-refractivity contribution >= 4 is 11.6 Å². The second-order valence-electron chi connectivity index (χ2n) is 4.33. The van der Waals surface area contributed by atoms with Crippen molar-refractivity contribution in [2.75, 3.05) is 0 Å². The molecule has 4 nitrogen and oxygen atoms in total. The summed E-state index contributed by atoms with van der Waals surface area (Å²) in [4.78, 5) is 4.43. The van der Waals surface area contributed by atoms with Crippen LogP contribution in [-0.4, -0.2) is 14.8 Å². The van der Waals surface area contributed by atoms with Gasteiger partial charge in [-0.05, 0) is 24.5 Å². The molecule has 0 atom stereocenters. The lowest BCUT2D eigenvalue weighted by Gasteiger charge is -2.06. The third-order valence-electron chi connectivity index (χ3n) is 2.72. The lowest BCUT2D eigenvalue weighted by molar-refractivity contribution is 0.458. The maximum Gasteiger partial charge on any atom is 0.219 e. The van der Waals surface area contributed by atoms with Gasteiger partial charge >= 0.3 is 0 Å². The number of ether oxygens (including phenoxy) is 1. The normalized spacial score (nSPS) is 10.7. The van der Waals surface area contributed by atoms with Gasteiger partial charge in [-0.1, -0.05) is 13.8 Å². The number of pyridine rings is 1. The highest BCUT2D eigenvalue weighted by molar-refractivity contribution is 6.17. The molecule has 0 radical (unpaired) electrons. The van der Waals surface area contributed by atoms with Crippen LogP contribution in [0.1, 0.15) is 31.5 Å². The summed E-state index contributed by atoms with van der Waals surface area (Å²) in [5.74, 6) is 1.74. The summed E-state index contributed by atoms with van der Waals surface area (Å²) in [6.07, 6.45) is 5.48. The topological polar surface area (TPSA) is 39.9 Å². The first-order valence-electron chi connectivity index (χ1n) is 6.51. The number of rotatable bonds is 6. The molecule has 2 rings (SSSR count). The van der Waals surface area contributed by atoms with E-state index < -0.39 is 0 Å². The van der Waals surface area contributed by atoms with Gasteiger partial charge < -0.3 is 4.74 Å². The van der Waals surface area contributed by atoms with E-state index in [1.807, 2.05) is 23.0 Å². The van der Waals surface area contributed by atoms with E-state index in [1.165, 1.54) is 0 Å². The summed E-state index contributed by atoms with van der Waals surface area (Å²) < 4.78 is 7.60. The van der Waals surface area contributed by atoms with Crippen LogP contribution in [0.15, 0.2) is 24.5 Å². The molecule has 0 aliphatic carbocycles. The van der Waals surface area contributed by atoms with Crippen molar-refractivity contribution in [3.05, 3.63) is 35.8 Å². The molecule has 0 saturated heterocycles. The minimum Gasteiger partial charge on any atom is -0.436 e. The zero-order valence-corrected chi connectivity index (χ0v) is 12.0. The largest absolute Gasteiger partial charge is 0.436 e. The van der Waals surface area contributed by atoms with Crippen LogP contribution >= 0.6 is 11.6 Å². The van der Waals surface area contributed by atoms with E-state index in [0.717, 1.165) is 30.6 Å². The molecule has 0 amide bonds. The van der Waals surface area contributed by atoms with Crippen molar-refractivity contribution in [2.24, 2.45) is 0 Å². The third kappa shape index (κ3) is 3.70. The van der Waals surface area contributed by atoms with Crippen LogP contribution in [0.4, 0.5) is 0 Å². The molecule has 0 saturated carbocycles. The van der Waals surface area contributed by atoms with Crippen LogP contribution in [0.5, 0.6) is 11.6 Å². The molecule has 19 heavy (non-hydrogen) atoms. The van der Waals surface area contributed by atoms with Gasteiger partial charge in [0.25, 0.3) is 0 Å². The number of hydrogen-bond acceptors (Lipinski definition) is 3. The Morgan fingerprint density at radius 1 is 1.32 bits per heavy atom. The standard InChI is InChI=1S/C14H18ClN3O/c1-3-5-18-10-13(9-16-18)19-14-7-11(8-15)6-12(4-2)17-14/h6-7,9-10H,3-5,8H2,1-2H3. The number of aryl methyl sites for hydroxylation is 2. The van der Waals surface area contributed by atoms with Crippen molar-refractivity contribution in [1.29, 1.82) is 0 Å². The molecular weight excluding hydrogens is 262 g/mol. The summed E-state index contributed by atoms with van der Waals surface area (Å²) in [7, 11) is 0. The fourth-order valence-corrected chi connectivity index (χ4v) is 1.95. The summed E-state index contributed by atoms with van der Waals surface area (Å²) in [6.45, 7) is 5.06. The van der Waals surface area contributed by atoms with Crippen molar-refractivity contribution in [2.45, 2.75) is 39.1 Å². The summed E-state index contributed by atoms with van der Waals surface area (Å²) in [5.41, 5.74) is 2.00. The molecule has 0 aliphatic rings. The first-order chi connectivity index (χ1) is 9.25. The minimum atomic E-state index is 0.459. The molecule has 5 heteroatoms. The van der Waals surface area contributed by atoms with Gasteiger partial charge in [-0.2, -0.15) is 5.10 Å². The van der Waals surface area contributed by atoms with Crippen LogP contribution in [0.3, 0.4) is 0 Å². The van der Waals surface area contributed by atoms with Crippen LogP contribution in [0.2, 0.25) is 0 Å². The fraction of sp³-hybridized carbons (Fsp3) is 0.429. The lowest BCUT2D eigenvalue weighted by atomic mass is 10.2. The Hall–Kier alpha value is -1.55. The highest BCUT2D eigenvalue weighted by Gasteiger charge is 2.05. The molecule has 2 heterocycles. The number of aromatic nitrogens is 3. The smallest absolute Gasteiger partial charge is 0.219 e. The Balaban J connectivity index is 2.16. The van der Waals surface area contributed by atoms with Crippen molar-refractivity contribution in [1.82, 2.24) is 14.8 Å². The average Bonchev–Trinajstić information content (AvgIpc) is 2.86. The number of hydrogen-bond donors (Lipinski definition) is 0. The van der Waals surface area contributed by atoms with E-state index >= 15 is 0 Å². The summed E-state index contributed by atoms with van der Waals surface area (Å²) in [5, 5.41) is 4.23. The van der Waals surface area contributed by atoms with Gasteiger partial charge in [0.1, 0.15) is 0 Å². The van der Waals surface area contributed by atoms with Crippen LogP contribution in [0.25, 0.3) is 0 Å². The van der Waals surface area contributed by atoms with Gasteiger partial charge in [-0.3, -0.25) is 4.68 Å². The maximum absolute atomic E-state index is 5.88. The molecule has 0 bridgehead atoms. The predicted octanol–water partition coefficient (Wildman–Crippen LogP) is 3.78. The number of nitrogens with zero attached hydrogens (tertiary/aromatic N) is 3. The van der Waals surface area contributed by atoms with Gasteiger partial charge in [-0.25, -0.2) is 4.98 Å². The van der Waals surface area contributed by atoms with E-state index in [2.05, 4.69) is 23.9 Å². The number of halogens is 1. The maximum atomic E-state index is 5.88. The second kappa shape index (κ2) is 6.57. The molecule has 0 aromatic carbocycles. The van der Waals surface area contributed by atoms with Gasteiger partial charge in [-0.15, -0.1) is 11.6 Å².